The summed E-state index contributed by atoms with van der Waals surface area (Å²) in [5.41, 5.74) is 2.46. The van der Waals surface area contributed by atoms with E-state index in [-0.39, 0.29) is 18.1 Å². The fraction of sp³-hybridized carbons (Fsp3) is 0.381. The van der Waals surface area contributed by atoms with Crippen LogP contribution in [0.15, 0.2) is 53.5 Å². The van der Waals surface area contributed by atoms with Gasteiger partial charge in [0.15, 0.2) is 5.65 Å². The average Bonchev–Trinajstić information content (AvgIpc) is 2.99. The smallest absolute Gasteiger partial charge is 0.330 e. The van der Waals surface area contributed by atoms with Gasteiger partial charge in [-0.1, -0.05) is 30.3 Å². The second kappa shape index (κ2) is 7.39. The first-order valence-electron chi connectivity index (χ1n) is 9.55. The first-order valence-corrected chi connectivity index (χ1v) is 9.55. The molecule has 4 rings (SSSR count). The Morgan fingerprint density at radius 2 is 1.96 bits per heavy atom. The van der Waals surface area contributed by atoms with Crippen LogP contribution >= 0.6 is 0 Å². The zero-order chi connectivity index (χ0) is 18.8. The van der Waals surface area contributed by atoms with E-state index in [0.29, 0.717) is 30.2 Å². The summed E-state index contributed by atoms with van der Waals surface area (Å²) < 4.78 is 3.17. The number of imidazole rings is 1. The summed E-state index contributed by atoms with van der Waals surface area (Å²) in [5.74, 6) is 0.357. The molecule has 1 aromatic carbocycles. The number of amides is 1. The average molecular weight is 364 g/mol. The monoisotopic (exact) mass is 364 g/mol. The summed E-state index contributed by atoms with van der Waals surface area (Å²) in [6, 6.07) is 14.0. The molecule has 1 aliphatic rings. The fourth-order valence-corrected chi connectivity index (χ4v) is 4.02. The van der Waals surface area contributed by atoms with E-state index >= 15 is 0 Å². The zero-order valence-corrected chi connectivity index (χ0v) is 15.5. The van der Waals surface area contributed by atoms with Crippen molar-refractivity contribution in [3.05, 3.63) is 64.7 Å². The van der Waals surface area contributed by atoms with Crippen molar-refractivity contribution in [2.45, 2.75) is 38.8 Å². The normalized spacial score (nSPS) is 17.4. The van der Waals surface area contributed by atoms with Crippen LogP contribution in [0, 0.1) is 0 Å². The van der Waals surface area contributed by atoms with Crippen molar-refractivity contribution in [3.63, 3.8) is 0 Å². The lowest BCUT2D eigenvalue weighted by Crippen LogP contribution is -2.42. The summed E-state index contributed by atoms with van der Waals surface area (Å²) in [6.07, 6.45) is 3.75. The largest absolute Gasteiger partial charge is 0.341 e. The number of hydrogen-bond acceptors (Lipinski definition) is 3. The van der Waals surface area contributed by atoms with Crippen LogP contribution in [0.1, 0.15) is 31.2 Å². The zero-order valence-electron chi connectivity index (χ0n) is 15.5. The van der Waals surface area contributed by atoms with Crippen LogP contribution in [-0.4, -0.2) is 38.0 Å². The number of carbonyl (C=O) groups is 1. The maximum Gasteiger partial charge on any atom is 0.330 e. The van der Waals surface area contributed by atoms with Crippen LogP contribution in [0.2, 0.25) is 0 Å². The molecule has 1 atom stereocenters. The van der Waals surface area contributed by atoms with Gasteiger partial charge in [0.2, 0.25) is 5.91 Å². The molecule has 27 heavy (non-hydrogen) atoms. The molecule has 0 radical (unpaired) electrons. The van der Waals surface area contributed by atoms with Crippen molar-refractivity contribution >= 4 is 17.1 Å². The minimum atomic E-state index is -0.170. The van der Waals surface area contributed by atoms with Crippen molar-refractivity contribution in [2.24, 2.45) is 0 Å². The maximum absolute atomic E-state index is 13.0. The van der Waals surface area contributed by atoms with Crippen LogP contribution in [-0.2, 0) is 17.9 Å². The van der Waals surface area contributed by atoms with E-state index in [1.807, 2.05) is 36.1 Å². The second-order valence-corrected chi connectivity index (χ2v) is 7.05. The van der Waals surface area contributed by atoms with Gasteiger partial charge in [0, 0.05) is 31.7 Å². The predicted molar refractivity (Wildman–Crippen MR) is 105 cm³/mol. The number of nitrogens with zero attached hydrogens (tertiary/aromatic N) is 4. The van der Waals surface area contributed by atoms with Gasteiger partial charge in [-0.25, -0.2) is 9.78 Å². The predicted octanol–water partition coefficient (Wildman–Crippen LogP) is 2.62. The summed E-state index contributed by atoms with van der Waals surface area (Å²) >= 11 is 0. The summed E-state index contributed by atoms with van der Waals surface area (Å²) in [4.78, 5) is 31.9. The molecule has 6 nitrogen and oxygen atoms in total. The van der Waals surface area contributed by atoms with Gasteiger partial charge in [-0.3, -0.25) is 13.9 Å². The Balaban J connectivity index is 1.57. The Morgan fingerprint density at radius 3 is 2.74 bits per heavy atom. The number of aromatic nitrogens is 3. The standard InChI is InChI=1S/C21H24N4O2/c1-2-24-20-18(11-6-12-22-20)25(21(24)27)15-19(26)23-13-7-10-17(14-23)16-8-4-3-5-9-16/h3-6,8-9,11-12,17H,2,7,10,13-15H2,1H3. The highest BCUT2D eigenvalue weighted by molar-refractivity contribution is 5.79. The van der Waals surface area contributed by atoms with Crippen molar-refractivity contribution in [1.82, 2.24) is 19.0 Å². The third-order valence-corrected chi connectivity index (χ3v) is 5.43. The SMILES string of the molecule is CCn1c(=O)n(CC(=O)N2CCCC(c3ccccc3)C2)c2cccnc21. The Labute approximate surface area is 158 Å². The molecule has 0 spiro atoms. The van der Waals surface area contributed by atoms with Crippen LogP contribution in [0.25, 0.3) is 11.2 Å². The van der Waals surface area contributed by atoms with Gasteiger partial charge in [-0.15, -0.1) is 0 Å². The van der Waals surface area contributed by atoms with E-state index in [4.69, 9.17) is 0 Å². The first-order chi connectivity index (χ1) is 13.2. The molecular formula is C21H24N4O2. The molecule has 1 saturated heterocycles. The van der Waals surface area contributed by atoms with E-state index < -0.39 is 0 Å². The van der Waals surface area contributed by atoms with Crippen LogP contribution in [0.3, 0.4) is 0 Å². The third kappa shape index (κ3) is 3.27. The lowest BCUT2D eigenvalue weighted by atomic mass is 9.90. The molecule has 1 amide bonds. The molecule has 140 valence electrons. The number of aryl methyl sites for hydroxylation is 1. The molecule has 0 bridgehead atoms. The van der Waals surface area contributed by atoms with Crippen LogP contribution in [0.5, 0.6) is 0 Å². The molecule has 2 aromatic heterocycles. The van der Waals surface area contributed by atoms with E-state index in [1.54, 1.807) is 21.4 Å². The maximum atomic E-state index is 13.0. The van der Waals surface area contributed by atoms with E-state index in [0.717, 1.165) is 19.4 Å². The highest BCUT2D eigenvalue weighted by Gasteiger charge is 2.26. The number of rotatable bonds is 4. The molecule has 0 aliphatic carbocycles. The number of carbonyl (C=O) groups excluding carboxylic acids is 1. The van der Waals surface area contributed by atoms with Crippen molar-refractivity contribution in [1.29, 1.82) is 0 Å². The van der Waals surface area contributed by atoms with Crippen LogP contribution < -0.4 is 5.69 Å². The van der Waals surface area contributed by atoms with E-state index in [2.05, 4.69) is 17.1 Å². The molecule has 3 heterocycles. The van der Waals surface area contributed by atoms with Gasteiger partial charge in [0.05, 0.1) is 5.52 Å². The van der Waals surface area contributed by atoms with Crippen molar-refractivity contribution < 1.29 is 4.79 Å². The number of likely N-dealkylation sites (tertiary alicyclic amines) is 1. The number of fused-ring (bicyclic) bond motifs is 1. The Morgan fingerprint density at radius 1 is 1.15 bits per heavy atom. The van der Waals surface area contributed by atoms with Gasteiger partial charge < -0.3 is 4.90 Å². The van der Waals surface area contributed by atoms with Gasteiger partial charge >= 0.3 is 5.69 Å². The molecule has 0 N–H and O–H groups in total. The van der Waals surface area contributed by atoms with Crippen molar-refractivity contribution in [2.75, 3.05) is 13.1 Å². The van der Waals surface area contributed by atoms with Gasteiger partial charge in [0.1, 0.15) is 6.54 Å². The quantitative estimate of drug-likeness (QED) is 0.715. The number of hydrogen-bond donors (Lipinski definition) is 0. The highest BCUT2D eigenvalue weighted by atomic mass is 16.2. The molecule has 1 fully saturated rings. The highest BCUT2D eigenvalue weighted by Crippen LogP contribution is 2.26. The van der Waals surface area contributed by atoms with Gasteiger partial charge in [-0.05, 0) is 37.5 Å². The third-order valence-electron chi connectivity index (χ3n) is 5.43. The van der Waals surface area contributed by atoms with Crippen LogP contribution in [0.4, 0.5) is 0 Å². The van der Waals surface area contributed by atoms with E-state index in [9.17, 15) is 9.59 Å². The second-order valence-electron chi connectivity index (χ2n) is 7.05. The molecule has 3 aromatic rings. The summed E-state index contributed by atoms with van der Waals surface area (Å²) in [7, 11) is 0. The van der Waals surface area contributed by atoms with Gasteiger partial charge in [0.25, 0.3) is 0 Å². The Bertz CT molecular complexity index is 1010. The Kier molecular flexibility index (Phi) is 4.79. The topological polar surface area (TPSA) is 60.1 Å². The molecule has 1 aliphatic heterocycles. The minimum Gasteiger partial charge on any atom is -0.341 e. The molecule has 6 heteroatoms. The first kappa shape index (κ1) is 17.5. The number of piperidine rings is 1. The lowest BCUT2D eigenvalue weighted by Gasteiger charge is -2.33. The molecule has 1 unspecified atom stereocenters. The minimum absolute atomic E-state index is 0.00302. The summed E-state index contributed by atoms with van der Waals surface area (Å²) in [5, 5.41) is 0. The number of benzene rings is 1. The number of pyridine rings is 1. The summed E-state index contributed by atoms with van der Waals surface area (Å²) in [6.45, 7) is 3.98. The fourth-order valence-electron chi connectivity index (χ4n) is 4.02. The molecule has 0 saturated carbocycles. The van der Waals surface area contributed by atoms with E-state index in [1.165, 1.54) is 5.56 Å². The van der Waals surface area contributed by atoms with Gasteiger partial charge in [-0.2, -0.15) is 0 Å². The lowest BCUT2D eigenvalue weighted by molar-refractivity contribution is -0.133. The molecular weight excluding hydrogens is 340 g/mol. The van der Waals surface area contributed by atoms with Crippen molar-refractivity contribution in [3.8, 4) is 0 Å². The Hall–Kier alpha value is -2.89.